The van der Waals surface area contributed by atoms with Gasteiger partial charge in [0.25, 0.3) is 0 Å². The van der Waals surface area contributed by atoms with Crippen molar-refractivity contribution in [3.05, 3.63) is 29.8 Å². The number of urea groups is 1. The number of nitrogens with two attached hydrogens (primary N) is 1. The van der Waals surface area contributed by atoms with E-state index in [1.165, 1.54) is 0 Å². The second-order valence-corrected chi connectivity index (χ2v) is 3.51. The fourth-order valence-electron chi connectivity index (χ4n) is 1.39. The van der Waals surface area contributed by atoms with Gasteiger partial charge in [0, 0.05) is 19.8 Å². The number of nitrogens with zero attached hydrogens (tertiary/aromatic N) is 1. The molecule has 0 aliphatic heterocycles. The zero-order chi connectivity index (χ0) is 11.4. The quantitative estimate of drug-likeness (QED) is 0.724. The summed E-state index contributed by atoms with van der Waals surface area (Å²) in [7, 11) is 3.37. The van der Waals surface area contributed by atoms with Gasteiger partial charge in [-0.2, -0.15) is 0 Å². The Kier molecular flexibility index (Phi) is 3.55. The van der Waals surface area contributed by atoms with Crippen molar-refractivity contribution in [2.24, 2.45) is 0 Å². The Morgan fingerprint density at radius 2 is 2.20 bits per heavy atom. The second kappa shape index (κ2) is 4.68. The summed E-state index contributed by atoms with van der Waals surface area (Å²) in [5.41, 5.74) is 7.43. The van der Waals surface area contributed by atoms with Crippen molar-refractivity contribution >= 4 is 11.7 Å². The van der Waals surface area contributed by atoms with Crippen molar-refractivity contribution in [2.45, 2.75) is 13.0 Å². The predicted molar refractivity (Wildman–Crippen MR) is 61.5 cm³/mol. The van der Waals surface area contributed by atoms with Crippen LogP contribution < -0.4 is 11.1 Å². The molecular weight excluding hydrogens is 190 g/mol. The van der Waals surface area contributed by atoms with Crippen LogP contribution in [0.1, 0.15) is 18.5 Å². The predicted octanol–water partition coefficient (Wildman–Crippen LogP) is 1.60. The first-order valence-electron chi connectivity index (χ1n) is 4.86. The van der Waals surface area contributed by atoms with Gasteiger partial charge in [0.05, 0.1) is 6.04 Å². The number of nitrogen functional groups attached to an aromatic ring is 1. The van der Waals surface area contributed by atoms with Gasteiger partial charge in [-0.25, -0.2) is 4.79 Å². The van der Waals surface area contributed by atoms with Gasteiger partial charge in [0.2, 0.25) is 0 Å². The molecule has 0 aliphatic carbocycles. The molecule has 4 nitrogen and oxygen atoms in total. The van der Waals surface area contributed by atoms with Crippen LogP contribution >= 0.6 is 0 Å². The summed E-state index contributed by atoms with van der Waals surface area (Å²) in [5, 5.41) is 2.59. The van der Waals surface area contributed by atoms with Crippen LogP contribution in [0.5, 0.6) is 0 Å². The van der Waals surface area contributed by atoms with Crippen molar-refractivity contribution in [1.29, 1.82) is 0 Å². The molecule has 0 saturated heterocycles. The molecule has 15 heavy (non-hydrogen) atoms. The summed E-state index contributed by atoms with van der Waals surface area (Å²) in [6.07, 6.45) is 0. The number of carbonyl (C=O) groups is 1. The average Bonchev–Trinajstić information content (AvgIpc) is 2.26. The van der Waals surface area contributed by atoms with E-state index < -0.39 is 0 Å². The number of rotatable bonds is 2. The molecule has 1 atom stereocenters. The SMILES string of the molecule is CNC(=O)N(C)C(C)c1cccc(N)c1. The summed E-state index contributed by atoms with van der Waals surface area (Å²) < 4.78 is 0. The number of carbonyl (C=O) groups excluding carboxylic acids is 1. The van der Waals surface area contributed by atoms with E-state index in [1.54, 1.807) is 19.0 Å². The maximum absolute atomic E-state index is 11.4. The molecule has 0 fully saturated rings. The fraction of sp³-hybridized carbons (Fsp3) is 0.364. The zero-order valence-electron chi connectivity index (χ0n) is 9.32. The fourth-order valence-corrected chi connectivity index (χ4v) is 1.39. The monoisotopic (exact) mass is 207 g/mol. The van der Waals surface area contributed by atoms with Gasteiger partial charge in [0.1, 0.15) is 0 Å². The molecule has 0 bridgehead atoms. The molecule has 0 spiro atoms. The highest BCUT2D eigenvalue weighted by molar-refractivity contribution is 5.74. The van der Waals surface area contributed by atoms with Gasteiger partial charge in [-0.05, 0) is 24.6 Å². The molecular formula is C11H17N3O. The van der Waals surface area contributed by atoms with E-state index in [9.17, 15) is 4.79 Å². The van der Waals surface area contributed by atoms with Crippen LogP contribution in [0.4, 0.5) is 10.5 Å². The Balaban J connectivity index is 2.84. The lowest BCUT2D eigenvalue weighted by molar-refractivity contribution is 0.197. The summed E-state index contributed by atoms with van der Waals surface area (Å²) in [6.45, 7) is 1.96. The van der Waals surface area contributed by atoms with E-state index in [4.69, 9.17) is 5.73 Å². The lowest BCUT2D eigenvalue weighted by Crippen LogP contribution is -2.36. The number of hydrogen-bond acceptors (Lipinski definition) is 2. The van der Waals surface area contributed by atoms with Crippen LogP contribution in [-0.2, 0) is 0 Å². The van der Waals surface area contributed by atoms with Crippen LogP contribution in [0.3, 0.4) is 0 Å². The van der Waals surface area contributed by atoms with E-state index in [2.05, 4.69) is 5.32 Å². The Hall–Kier alpha value is -1.71. The van der Waals surface area contributed by atoms with E-state index >= 15 is 0 Å². The van der Waals surface area contributed by atoms with Crippen LogP contribution in [0, 0.1) is 0 Å². The highest BCUT2D eigenvalue weighted by Gasteiger charge is 2.15. The molecule has 0 radical (unpaired) electrons. The number of amides is 2. The van der Waals surface area contributed by atoms with Crippen LogP contribution in [0.2, 0.25) is 0 Å². The summed E-state index contributed by atoms with van der Waals surface area (Å²) >= 11 is 0. The maximum atomic E-state index is 11.4. The first-order valence-corrected chi connectivity index (χ1v) is 4.86. The molecule has 82 valence electrons. The molecule has 0 aliphatic rings. The molecule has 0 heterocycles. The topological polar surface area (TPSA) is 58.4 Å². The lowest BCUT2D eigenvalue weighted by Gasteiger charge is -2.24. The van der Waals surface area contributed by atoms with Gasteiger partial charge in [0.15, 0.2) is 0 Å². The molecule has 1 aromatic rings. The third-order valence-electron chi connectivity index (χ3n) is 2.51. The Morgan fingerprint density at radius 1 is 1.53 bits per heavy atom. The Labute approximate surface area is 90.1 Å². The van der Waals surface area contributed by atoms with Crippen molar-refractivity contribution in [1.82, 2.24) is 10.2 Å². The summed E-state index contributed by atoms with van der Waals surface area (Å²) in [4.78, 5) is 13.0. The van der Waals surface area contributed by atoms with Crippen molar-refractivity contribution < 1.29 is 4.79 Å². The molecule has 1 aromatic carbocycles. The lowest BCUT2D eigenvalue weighted by atomic mass is 10.1. The number of benzene rings is 1. The normalized spacial score (nSPS) is 11.9. The molecule has 0 aromatic heterocycles. The Morgan fingerprint density at radius 3 is 2.73 bits per heavy atom. The van der Waals surface area contributed by atoms with Crippen LogP contribution in [-0.4, -0.2) is 25.0 Å². The highest BCUT2D eigenvalue weighted by atomic mass is 16.2. The van der Waals surface area contributed by atoms with Crippen molar-refractivity contribution in [2.75, 3.05) is 19.8 Å². The smallest absolute Gasteiger partial charge is 0.317 e. The van der Waals surface area contributed by atoms with Crippen molar-refractivity contribution in [3.63, 3.8) is 0 Å². The van der Waals surface area contributed by atoms with Gasteiger partial charge >= 0.3 is 6.03 Å². The molecule has 1 rings (SSSR count). The number of hydrogen-bond donors (Lipinski definition) is 2. The first kappa shape index (κ1) is 11.4. The van der Waals surface area contributed by atoms with Crippen molar-refractivity contribution in [3.8, 4) is 0 Å². The Bertz CT molecular complexity index is 351. The van der Waals surface area contributed by atoms with E-state index in [1.807, 2.05) is 31.2 Å². The van der Waals surface area contributed by atoms with Crippen LogP contribution in [0.15, 0.2) is 24.3 Å². The van der Waals surface area contributed by atoms with Crippen LogP contribution in [0.25, 0.3) is 0 Å². The van der Waals surface area contributed by atoms with Gasteiger partial charge in [-0.15, -0.1) is 0 Å². The molecule has 3 N–H and O–H groups in total. The average molecular weight is 207 g/mol. The largest absolute Gasteiger partial charge is 0.399 e. The standard InChI is InChI=1S/C11H17N3O/c1-8(14(3)11(15)13-2)9-5-4-6-10(12)7-9/h4-8H,12H2,1-3H3,(H,13,15). The first-order chi connectivity index (χ1) is 7.06. The maximum Gasteiger partial charge on any atom is 0.317 e. The van der Waals surface area contributed by atoms with E-state index in [0.29, 0.717) is 5.69 Å². The third-order valence-corrected chi connectivity index (χ3v) is 2.51. The minimum Gasteiger partial charge on any atom is -0.399 e. The molecule has 1 unspecified atom stereocenters. The van der Waals surface area contributed by atoms with E-state index in [-0.39, 0.29) is 12.1 Å². The zero-order valence-corrected chi connectivity index (χ0v) is 9.32. The number of anilines is 1. The highest BCUT2D eigenvalue weighted by Crippen LogP contribution is 2.20. The second-order valence-electron chi connectivity index (χ2n) is 3.51. The molecule has 4 heteroatoms. The minimum atomic E-state index is -0.107. The summed E-state index contributed by atoms with van der Waals surface area (Å²) in [5.74, 6) is 0. The van der Waals surface area contributed by atoms with E-state index in [0.717, 1.165) is 5.56 Å². The molecule has 0 saturated carbocycles. The minimum absolute atomic E-state index is 0.00782. The number of nitrogens with one attached hydrogen (secondary N) is 1. The third kappa shape index (κ3) is 2.62. The van der Waals surface area contributed by atoms with Gasteiger partial charge in [-0.3, -0.25) is 0 Å². The summed E-state index contributed by atoms with van der Waals surface area (Å²) in [6, 6.07) is 7.46. The molecule has 2 amide bonds. The van der Waals surface area contributed by atoms with Gasteiger partial charge in [-0.1, -0.05) is 12.1 Å². The van der Waals surface area contributed by atoms with Gasteiger partial charge < -0.3 is 16.0 Å².